The molecule has 23 heavy (non-hydrogen) atoms. The molecule has 3 nitrogen and oxygen atoms in total. The number of rotatable bonds is 4. The van der Waals surface area contributed by atoms with E-state index in [-0.39, 0.29) is 28.9 Å². The number of halogens is 4. The van der Waals surface area contributed by atoms with Crippen LogP contribution < -0.4 is 5.32 Å². The smallest absolute Gasteiger partial charge is 0.177 e. The lowest BCUT2D eigenvalue weighted by Crippen LogP contribution is -2.12. The number of nitrogens with zero attached hydrogens (tertiary/aromatic N) is 1. The van der Waals surface area contributed by atoms with Crippen LogP contribution in [0, 0.1) is 16.4 Å². The van der Waals surface area contributed by atoms with Crippen LogP contribution in [0.15, 0.2) is 12.1 Å². The van der Waals surface area contributed by atoms with Gasteiger partial charge in [-0.25, -0.2) is 8.78 Å². The van der Waals surface area contributed by atoms with Crippen molar-refractivity contribution in [3.05, 3.63) is 50.5 Å². The van der Waals surface area contributed by atoms with E-state index in [2.05, 4.69) is 10.3 Å². The summed E-state index contributed by atoms with van der Waals surface area (Å²) < 4.78 is 30.8. The maximum atomic E-state index is 14.2. The molecule has 0 bridgehead atoms. The van der Waals surface area contributed by atoms with Gasteiger partial charge in [-0.1, -0.05) is 11.6 Å². The minimum Gasteiger partial charge on any atom is -0.334 e. The number of hydrogen-bond acceptors (Lipinski definition) is 2. The van der Waals surface area contributed by atoms with Crippen molar-refractivity contribution in [3.8, 4) is 0 Å². The number of aromatic nitrogens is 2. The first-order valence-corrected chi connectivity index (χ1v) is 7.90. The van der Waals surface area contributed by atoms with Crippen molar-refractivity contribution in [2.45, 2.75) is 25.3 Å². The van der Waals surface area contributed by atoms with Crippen LogP contribution in [-0.2, 0) is 19.4 Å². The number of likely N-dealkylation sites (N-methyl/N-ethyl adjacent to an activating group) is 1. The maximum Gasteiger partial charge on any atom is 0.177 e. The summed E-state index contributed by atoms with van der Waals surface area (Å²) in [5.74, 6) is -1.49. The van der Waals surface area contributed by atoms with Crippen LogP contribution in [-0.4, -0.2) is 23.1 Å². The van der Waals surface area contributed by atoms with E-state index in [0.717, 1.165) is 24.4 Å². The molecule has 0 saturated heterocycles. The molecule has 0 unspecified atom stereocenters. The fourth-order valence-electron chi connectivity index (χ4n) is 3.07. The Labute approximate surface area is 149 Å². The first-order chi connectivity index (χ1) is 10.5. The molecular weight excluding hydrogens is 363 g/mol. The predicted octanol–water partition coefficient (Wildman–Crippen LogP) is 4.00. The van der Waals surface area contributed by atoms with Crippen LogP contribution >= 0.6 is 36.2 Å². The molecule has 126 valence electrons. The highest BCUT2D eigenvalue weighted by Gasteiger charge is 2.31. The fraction of sp³-hybridized carbons (Fsp3) is 0.400. The van der Waals surface area contributed by atoms with Gasteiger partial charge >= 0.3 is 0 Å². The van der Waals surface area contributed by atoms with Crippen molar-refractivity contribution >= 4 is 36.2 Å². The predicted molar refractivity (Wildman–Crippen MR) is 92.3 cm³/mol. The number of imidazole rings is 1. The average molecular weight is 380 g/mol. The van der Waals surface area contributed by atoms with Gasteiger partial charge in [0.25, 0.3) is 0 Å². The summed E-state index contributed by atoms with van der Waals surface area (Å²) in [6.07, 6.45) is 1.36. The summed E-state index contributed by atoms with van der Waals surface area (Å²) in [5, 5.41) is 3.04. The monoisotopic (exact) mass is 379 g/mol. The molecule has 0 radical (unpaired) electrons. The lowest BCUT2D eigenvalue weighted by atomic mass is 9.95. The SMILES string of the molecule is CNCCc1[nH]c(=S)n2c1C[C@@H](c1c(F)ccc(Cl)c1F)C2.Cl. The molecule has 2 N–H and O–H groups in total. The van der Waals surface area contributed by atoms with E-state index < -0.39 is 11.6 Å². The van der Waals surface area contributed by atoms with Gasteiger partial charge in [0.05, 0.1) is 5.02 Å². The zero-order valence-corrected chi connectivity index (χ0v) is 14.8. The van der Waals surface area contributed by atoms with Crippen molar-refractivity contribution in [1.82, 2.24) is 14.9 Å². The average Bonchev–Trinajstić information content (AvgIpc) is 3.03. The van der Waals surface area contributed by atoms with Gasteiger partial charge < -0.3 is 14.9 Å². The Kier molecular flexibility index (Phi) is 5.84. The number of nitrogens with one attached hydrogen (secondary N) is 2. The topological polar surface area (TPSA) is 32.8 Å². The van der Waals surface area contributed by atoms with Gasteiger partial charge in [-0.2, -0.15) is 0 Å². The summed E-state index contributed by atoms with van der Waals surface area (Å²) in [6, 6.07) is 2.46. The highest BCUT2D eigenvalue weighted by atomic mass is 35.5. The third kappa shape index (κ3) is 3.31. The quantitative estimate of drug-likeness (QED) is 0.621. The third-order valence-corrected chi connectivity index (χ3v) is 4.75. The zero-order chi connectivity index (χ0) is 15.9. The van der Waals surface area contributed by atoms with Crippen molar-refractivity contribution in [3.63, 3.8) is 0 Å². The number of fused-ring (bicyclic) bond motifs is 1. The third-order valence-electron chi connectivity index (χ3n) is 4.13. The molecule has 0 saturated carbocycles. The highest BCUT2D eigenvalue weighted by molar-refractivity contribution is 7.71. The van der Waals surface area contributed by atoms with Gasteiger partial charge in [-0.15, -0.1) is 12.4 Å². The first-order valence-electron chi connectivity index (χ1n) is 7.11. The lowest BCUT2D eigenvalue weighted by molar-refractivity contribution is 0.513. The van der Waals surface area contributed by atoms with Gasteiger partial charge in [-0.05, 0) is 37.8 Å². The minimum atomic E-state index is -0.663. The van der Waals surface area contributed by atoms with Crippen LogP contribution in [0.3, 0.4) is 0 Å². The van der Waals surface area contributed by atoms with E-state index in [0.29, 0.717) is 17.7 Å². The molecule has 3 rings (SSSR count). The Hall–Kier alpha value is -0.950. The minimum absolute atomic E-state index is 0. The molecule has 0 amide bonds. The van der Waals surface area contributed by atoms with E-state index in [1.165, 1.54) is 12.1 Å². The summed E-state index contributed by atoms with van der Waals surface area (Å²) in [5.41, 5.74) is 2.12. The van der Waals surface area contributed by atoms with Crippen LogP contribution in [0.5, 0.6) is 0 Å². The second-order valence-corrected chi connectivity index (χ2v) is 6.27. The van der Waals surface area contributed by atoms with Crippen molar-refractivity contribution in [2.24, 2.45) is 0 Å². The fourth-order valence-corrected chi connectivity index (χ4v) is 3.54. The molecule has 1 aliphatic heterocycles. The number of benzene rings is 1. The Morgan fingerprint density at radius 3 is 2.87 bits per heavy atom. The molecule has 0 spiro atoms. The molecule has 1 aliphatic rings. The van der Waals surface area contributed by atoms with Gasteiger partial charge in [0.2, 0.25) is 0 Å². The first kappa shape index (κ1) is 18.4. The standard InChI is InChI=1S/C15H16ClF2N3S.ClH/c1-19-5-4-11-12-6-8(7-21(12)15(22)20-11)13-10(17)3-2-9(16)14(13)18;/h2-3,8,19H,4-7H2,1H3,(H,20,22);1H/t8-;/m1./s1. The van der Waals surface area contributed by atoms with E-state index in [4.69, 9.17) is 23.8 Å². The molecular formula is C15H17Cl2F2N3S. The maximum absolute atomic E-state index is 14.2. The molecule has 2 heterocycles. The molecule has 1 aromatic carbocycles. The second kappa shape index (κ2) is 7.30. The van der Waals surface area contributed by atoms with Gasteiger partial charge in [0.1, 0.15) is 11.6 Å². The zero-order valence-electron chi connectivity index (χ0n) is 12.5. The van der Waals surface area contributed by atoms with Crippen LogP contribution in [0.25, 0.3) is 0 Å². The second-order valence-electron chi connectivity index (χ2n) is 5.48. The molecule has 8 heteroatoms. The van der Waals surface area contributed by atoms with Crippen LogP contribution in [0.1, 0.15) is 22.9 Å². The number of aromatic amines is 1. The molecule has 0 fully saturated rings. The Balaban J connectivity index is 0.00000192. The molecule has 2 aromatic rings. The van der Waals surface area contributed by atoms with E-state index in [1.807, 2.05) is 11.6 Å². The van der Waals surface area contributed by atoms with Gasteiger partial charge in [0, 0.05) is 42.4 Å². The van der Waals surface area contributed by atoms with E-state index in [1.54, 1.807) is 0 Å². The van der Waals surface area contributed by atoms with Gasteiger partial charge in [-0.3, -0.25) is 0 Å². The summed E-state index contributed by atoms with van der Waals surface area (Å²) in [6.45, 7) is 1.28. The van der Waals surface area contributed by atoms with Crippen LogP contribution in [0.2, 0.25) is 5.02 Å². The lowest BCUT2D eigenvalue weighted by Gasteiger charge is -2.13. The van der Waals surface area contributed by atoms with E-state index >= 15 is 0 Å². The van der Waals surface area contributed by atoms with Crippen LogP contribution in [0.4, 0.5) is 8.78 Å². The summed E-state index contributed by atoms with van der Waals surface area (Å²) in [4.78, 5) is 3.19. The normalized spacial score (nSPS) is 16.3. The summed E-state index contributed by atoms with van der Waals surface area (Å²) in [7, 11) is 1.88. The molecule has 0 aliphatic carbocycles. The number of hydrogen-bond donors (Lipinski definition) is 2. The van der Waals surface area contributed by atoms with Gasteiger partial charge in [0.15, 0.2) is 4.77 Å². The number of H-pyrrole nitrogens is 1. The highest BCUT2D eigenvalue weighted by Crippen LogP contribution is 2.36. The molecule has 1 aromatic heterocycles. The van der Waals surface area contributed by atoms with E-state index in [9.17, 15) is 8.78 Å². The Bertz CT molecular complexity index is 773. The Morgan fingerprint density at radius 2 is 2.17 bits per heavy atom. The Morgan fingerprint density at radius 1 is 1.43 bits per heavy atom. The largest absolute Gasteiger partial charge is 0.334 e. The van der Waals surface area contributed by atoms with Crippen molar-refractivity contribution < 1.29 is 8.78 Å². The summed E-state index contributed by atoms with van der Waals surface area (Å²) >= 11 is 11.1. The van der Waals surface area contributed by atoms with Crippen molar-refractivity contribution in [1.29, 1.82) is 0 Å². The van der Waals surface area contributed by atoms with Crippen molar-refractivity contribution in [2.75, 3.05) is 13.6 Å². The molecule has 1 atom stereocenters.